The minimum Gasteiger partial charge on any atom is -0.378 e. The predicted octanol–water partition coefficient (Wildman–Crippen LogP) is 3.05. The Labute approximate surface area is 175 Å². The molecule has 3 aromatic rings. The smallest absolute Gasteiger partial charge is 0.248 e. The molecule has 30 heavy (non-hydrogen) atoms. The van der Waals surface area contributed by atoms with Gasteiger partial charge in [-0.2, -0.15) is 0 Å². The Kier molecular flexibility index (Phi) is 5.81. The Bertz CT molecular complexity index is 1160. The fourth-order valence-corrected chi connectivity index (χ4v) is 3.64. The number of aromatic amines is 1. The molecule has 0 unspecified atom stereocenters. The highest BCUT2D eigenvalue weighted by atomic mass is 16.5. The van der Waals surface area contributed by atoms with Crippen molar-refractivity contribution in [3.63, 3.8) is 0 Å². The van der Waals surface area contributed by atoms with Gasteiger partial charge in [-0.05, 0) is 42.5 Å². The molecule has 0 spiro atoms. The zero-order valence-corrected chi connectivity index (χ0v) is 17.0. The number of ether oxygens (including phenoxy) is 1. The molecule has 154 valence electrons. The molecule has 0 bridgehead atoms. The van der Waals surface area contributed by atoms with E-state index in [2.05, 4.69) is 51.0 Å². The molecule has 0 atom stereocenters. The molecule has 0 amide bonds. The highest BCUT2D eigenvalue weighted by molar-refractivity contribution is 5.67. The number of morpholine rings is 1. The van der Waals surface area contributed by atoms with Crippen molar-refractivity contribution >= 4 is 23.3 Å². The second-order valence-electron chi connectivity index (χ2n) is 6.94. The third-order valence-corrected chi connectivity index (χ3v) is 5.12. The van der Waals surface area contributed by atoms with E-state index < -0.39 is 0 Å². The second kappa shape index (κ2) is 8.84. The van der Waals surface area contributed by atoms with Crippen molar-refractivity contribution in [2.45, 2.75) is 0 Å². The Morgan fingerprint density at radius 1 is 1.13 bits per heavy atom. The minimum absolute atomic E-state index is 0.152. The van der Waals surface area contributed by atoms with Gasteiger partial charge in [0.05, 0.1) is 24.6 Å². The fraction of sp³-hybridized carbons (Fsp3) is 0.217. The van der Waals surface area contributed by atoms with Gasteiger partial charge in [0.15, 0.2) is 5.49 Å². The van der Waals surface area contributed by atoms with E-state index in [-0.39, 0.29) is 5.56 Å². The topological polar surface area (TPSA) is 74.7 Å². The van der Waals surface area contributed by atoms with Gasteiger partial charge in [-0.25, -0.2) is 0 Å². The Balaban J connectivity index is 1.65. The van der Waals surface area contributed by atoms with Crippen molar-refractivity contribution in [2.24, 2.45) is 4.99 Å². The molecule has 3 heterocycles. The third kappa shape index (κ3) is 4.06. The maximum Gasteiger partial charge on any atom is 0.248 e. The number of anilines is 3. The lowest BCUT2D eigenvalue weighted by molar-refractivity contribution is 0.122. The van der Waals surface area contributed by atoms with Gasteiger partial charge in [-0.3, -0.25) is 9.79 Å². The first-order valence-corrected chi connectivity index (χ1v) is 9.89. The molecule has 0 radical (unpaired) electrons. The maximum atomic E-state index is 11.7. The van der Waals surface area contributed by atoms with Crippen LogP contribution in [-0.4, -0.2) is 42.9 Å². The van der Waals surface area contributed by atoms with Gasteiger partial charge in [-0.1, -0.05) is 6.58 Å². The summed E-state index contributed by atoms with van der Waals surface area (Å²) < 4.78 is 7.30. The third-order valence-electron chi connectivity index (χ3n) is 5.12. The summed E-state index contributed by atoms with van der Waals surface area (Å²) in [5.74, 6) is 0. The number of benzene rings is 1. The molecule has 1 fully saturated rings. The van der Waals surface area contributed by atoms with Crippen molar-refractivity contribution in [1.29, 1.82) is 0 Å². The fourth-order valence-electron chi connectivity index (χ4n) is 3.64. The van der Waals surface area contributed by atoms with Gasteiger partial charge in [0.1, 0.15) is 0 Å². The summed E-state index contributed by atoms with van der Waals surface area (Å²) >= 11 is 0. The van der Waals surface area contributed by atoms with E-state index in [9.17, 15) is 4.79 Å². The second-order valence-corrected chi connectivity index (χ2v) is 6.94. The van der Waals surface area contributed by atoms with Crippen LogP contribution in [0.1, 0.15) is 0 Å². The van der Waals surface area contributed by atoms with Crippen LogP contribution in [0.4, 0.5) is 17.1 Å². The number of H-pyrrole nitrogens is 1. The van der Waals surface area contributed by atoms with Crippen LogP contribution in [0.15, 0.2) is 71.1 Å². The van der Waals surface area contributed by atoms with Crippen LogP contribution in [0.25, 0.3) is 17.5 Å². The first-order chi connectivity index (χ1) is 14.7. The van der Waals surface area contributed by atoms with Crippen LogP contribution in [-0.2, 0) is 4.74 Å². The lowest BCUT2D eigenvalue weighted by Gasteiger charge is -2.29. The lowest BCUT2D eigenvalue weighted by atomic mass is 10.1. The summed E-state index contributed by atoms with van der Waals surface area (Å²) in [6.45, 7) is 7.29. The normalized spacial score (nSPS) is 14.6. The summed E-state index contributed by atoms with van der Waals surface area (Å²) in [5, 5.41) is 3.44. The molecular formula is C23H25N5O2. The first kappa shape index (κ1) is 19.7. The van der Waals surface area contributed by atoms with E-state index >= 15 is 0 Å². The predicted molar refractivity (Wildman–Crippen MR) is 121 cm³/mol. The van der Waals surface area contributed by atoms with E-state index in [4.69, 9.17) is 4.74 Å². The van der Waals surface area contributed by atoms with Crippen molar-refractivity contribution in [3.8, 4) is 11.3 Å². The summed E-state index contributed by atoms with van der Waals surface area (Å²) in [4.78, 5) is 21.2. The van der Waals surface area contributed by atoms with Crippen molar-refractivity contribution in [2.75, 3.05) is 43.6 Å². The highest BCUT2D eigenvalue weighted by Crippen LogP contribution is 2.23. The van der Waals surface area contributed by atoms with Crippen LogP contribution in [0.5, 0.6) is 0 Å². The molecule has 7 nitrogen and oxygen atoms in total. The molecular weight excluding hydrogens is 378 g/mol. The Hall–Kier alpha value is -3.58. The van der Waals surface area contributed by atoms with E-state index in [0.717, 1.165) is 54.4 Å². The number of nitrogens with one attached hydrogen (secondary N) is 2. The molecule has 7 heteroatoms. The average Bonchev–Trinajstić information content (AvgIpc) is 2.79. The molecule has 1 saturated heterocycles. The molecule has 2 aromatic heterocycles. The van der Waals surface area contributed by atoms with Gasteiger partial charge in [0.2, 0.25) is 5.56 Å². The van der Waals surface area contributed by atoms with Gasteiger partial charge in [-0.15, -0.1) is 0 Å². The van der Waals surface area contributed by atoms with Crippen LogP contribution < -0.4 is 21.3 Å². The van der Waals surface area contributed by atoms with Gasteiger partial charge in [0.25, 0.3) is 0 Å². The number of aromatic nitrogens is 2. The molecule has 4 rings (SSSR count). The van der Waals surface area contributed by atoms with E-state index in [0.29, 0.717) is 0 Å². The number of nitrogens with zero attached hydrogens (tertiary/aromatic N) is 3. The molecule has 1 aliphatic heterocycles. The van der Waals surface area contributed by atoms with Crippen LogP contribution in [0.3, 0.4) is 0 Å². The lowest BCUT2D eigenvalue weighted by Crippen LogP contribution is -2.36. The average molecular weight is 403 g/mol. The van der Waals surface area contributed by atoms with Gasteiger partial charge >= 0.3 is 0 Å². The molecule has 1 aliphatic rings. The Morgan fingerprint density at radius 2 is 1.90 bits per heavy atom. The standard InChI is InChI=1S/C23H25N5O2/c1-3-28-21(17-10-11-25-22(29)16-17)9-8-20(23(28)24-2)26-18-4-6-19(7-5-18)27-12-14-30-15-13-27/h3-11,16,26H,1,12-15H2,2H3,(H,25,29). The SMILES string of the molecule is C=Cn1c(-c2cc[nH]c(=O)c2)ccc(Nc2ccc(N3CCOCC3)cc2)c1=NC. The zero-order valence-electron chi connectivity index (χ0n) is 17.0. The summed E-state index contributed by atoms with van der Waals surface area (Å²) in [7, 11) is 1.74. The number of pyridine rings is 2. The summed E-state index contributed by atoms with van der Waals surface area (Å²) in [6, 6.07) is 15.7. The van der Waals surface area contributed by atoms with Crippen molar-refractivity contribution in [1.82, 2.24) is 9.55 Å². The highest BCUT2D eigenvalue weighted by Gasteiger charge is 2.12. The number of hydrogen-bond acceptors (Lipinski definition) is 5. The summed E-state index contributed by atoms with van der Waals surface area (Å²) in [5.41, 5.74) is 5.21. The Morgan fingerprint density at radius 3 is 2.57 bits per heavy atom. The van der Waals surface area contributed by atoms with Crippen LogP contribution in [0.2, 0.25) is 0 Å². The molecule has 1 aromatic carbocycles. The minimum atomic E-state index is -0.152. The quantitative estimate of drug-likeness (QED) is 0.687. The zero-order chi connectivity index (χ0) is 20.9. The van der Waals surface area contributed by atoms with Crippen LogP contribution in [0, 0.1) is 0 Å². The number of hydrogen-bond donors (Lipinski definition) is 2. The maximum absolute atomic E-state index is 11.7. The van der Waals surface area contributed by atoms with E-state index in [1.165, 1.54) is 5.69 Å². The largest absolute Gasteiger partial charge is 0.378 e. The van der Waals surface area contributed by atoms with E-state index in [1.54, 1.807) is 25.5 Å². The van der Waals surface area contributed by atoms with Crippen molar-refractivity contribution in [3.05, 3.63) is 77.1 Å². The van der Waals surface area contributed by atoms with Gasteiger partial charge < -0.3 is 24.5 Å². The molecule has 2 N–H and O–H groups in total. The number of rotatable bonds is 5. The van der Waals surface area contributed by atoms with Crippen LogP contribution >= 0.6 is 0 Å². The molecule has 0 aliphatic carbocycles. The monoisotopic (exact) mass is 403 g/mol. The molecule has 0 saturated carbocycles. The van der Waals surface area contributed by atoms with Gasteiger partial charge in [0, 0.05) is 55.5 Å². The summed E-state index contributed by atoms with van der Waals surface area (Å²) in [6.07, 6.45) is 3.33. The van der Waals surface area contributed by atoms with Crippen molar-refractivity contribution < 1.29 is 4.74 Å². The first-order valence-electron chi connectivity index (χ1n) is 9.89. The van der Waals surface area contributed by atoms with E-state index in [1.807, 2.05) is 22.8 Å².